The second kappa shape index (κ2) is 7.21. The minimum absolute atomic E-state index is 0.0278. The van der Waals surface area contributed by atoms with Gasteiger partial charge in [-0.3, -0.25) is 0 Å². The van der Waals surface area contributed by atoms with Crippen molar-refractivity contribution >= 4 is 6.03 Å². The molecule has 0 saturated heterocycles. The van der Waals surface area contributed by atoms with Crippen molar-refractivity contribution in [1.29, 1.82) is 0 Å². The van der Waals surface area contributed by atoms with Crippen LogP contribution in [0.3, 0.4) is 0 Å². The number of ether oxygens (including phenoxy) is 1. The van der Waals surface area contributed by atoms with Gasteiger partial charge in [-0.15, -0.1) is 0 Å². The Labute approximate surface area is 138 Å². The molecule has 1 aromatic carbocycles. The monoisotopic (exact) mass is 320 g/mol. The molecule has 2 unspecified atom stereocenters. The number of methoxy groups -OCH3 is 1. The normalized spacial score (nSPS) is 18.2. The molecule has 1 aromatic rings. The fourth-order valence-corrected chi connectivity index (χ4v) is 3.36. The predicted molar refractivity (Wildman–Crippen MR) is 90.7 cm³/mol. The first-order valence-corrected chi connectivity index (χ1v) is 8.20. The Morgan fingerprint density at radius 1 is 1.48 bits per heavy atom. The van der Waals surface area contributed by atoms with Crippen molar-refractivity contribution in [2.24, 2.45) is 5.41 Å². The van der Waals surface area contributed by atoms with Gasteiger partial charge in [-0.25, -0.2) is 4.79 Å². The molecule has 2 rings (SSSR count). The molecule has 1 aliphatic carbocycles. The third kappa shape index (κ3) is 4.61. The first-order valence-electron chi connectivity index (χ1n) is 8.20. The lowest BCUT2D eigenvalue weighted by molar-refractivity contribution is 0.128. The summed E-state index contributed by atoms with van der Waals surface area (Å²) in [6.45, 7) is 6.37. The number of hydrogen-bond acceptors (Lipinski definition) is 3. The molecule has 0 radical (unpaired) electrons. The lowest BCUT2D eigenvalue weighted by atomic mass is 9.87. The second-order valence-corrected chi connectivity index (χ2v) is 7.16. The van der Waals surface area contributed by atoms with E-state index in [-0.39, 0.29) is 23.6 Å². The van der Waals surface area contributed by atoms with Crippen molar-refractivity contribution < 1.29 is 14.6 Å². The fourth-order valence-electron chi connectivity index (χ4n) is 3.36. The second-order valence-electron chi connectivity index (χ2n) is 7.16. The lowest BCUT2D eigenvalue weighted by Gasteiger charge is -2.27. The number of carbonyl (C=O) groups excluding carboxylic acids is 1. The first-order chi connectivity index (χ1) is 10.8. The highest BCUT2D eigenvalue weighted by Crippen LogP contribution is 2.36. The van der Waals surface area contributed by atoms with Crippen molar-refractivity contribution in [2.75, 3.05) is 13.7 Å². The molecule has 0 fully saturated rings. The van der Waals surface area contributed by atoms with Crippen LogP contribution in [0.4, 0.5) is 4.79 Å². The van der Waals surface area contributed by atoms with E-state index >= 15 is 0 Å². The molecule has 0 spiro atoms. The molecule has 0 heterocycles. The first kappa shape index (κ1) is 17.6. The summed E-state index contributed by atoms with van der Waals surface area (Å²) in [5.74, 6) is 0.894. The Bertz CT molecular complexity index is 555. The summed E-state index contributed by atoms with van der Waals surface area (Å²) >= 11 is 0. The summed E-state index contributed by atoms with van der Waals surface area (Å²) in [5, 5.41) is 15.5. The summed E-state index contributed by atoms with van der Waals surface area (Å²) in [5.41, 5.74) is 2.19. The minimum Gasteiger partial charge on any atom is -0.496 e. The number of aliphatic hydroxyl groups is 1. The van der Waals surface area contributed by atoms with Gasteiger partial charge >= 0.3 is 6.03 Å². The number of carbonyl (C=O) groups is 1. The van der Waals surface area contributed by atoms with Gasteiger partial charge in [0.05, 0.1) is 19.3 Å². The van der Waals surface area contributed by atoms with Gasteiger partial charge in [-0.2, -0.15) is 0 Å². The van der Waals surface area contributed by atoms with E-state index in [0.29, 0.717) is 13.0 Å². The summed E-state index contributed by atoms with van der Waals surface area (Å²) in [6.07, 6.45) is 2.08. The Kier molecular flexibility index (Phi) is 5.52. The van der Waals surface area contributed by atoms with E-state index in [2.05, 4.69) is 10.6 Å². The summed E-state index contributed by atoms with van der Waals surface area (Å²) in [7, 11) is 1.67. The van der Waals surface area contributed by atoms with Crippen LogP contribution in [0, 0.1) is 5.41 Å². The summed E-state index contributed by atoms with van der Waals surface area (Å²) in [6, 6.07) is 5.83. The maximum Gasteiger partial charge on any atom is 0.315 e. The Hall–Kier alpha value is -1.75. The number of urea groups is 1. The molecule has 2 amide bonds. The number of amides is 2. The highest BCUT2D eigenvalue weighted by atomic mass is 16.5. The van der Waals surface area contributed by atoms with Crippen molar-refractivity contribution in [3.8, 4) is 5.75 Å². The fraction of sp³-hybridized carbons (Fsp3) is 0.611. The van der Waals surface area contributed by atoms with Crippen LogP contribution in [0.25, 0.3) is 0 Å². The van der Waals surface area contributed by atoms with Gasteiger partial charge in [0.15, 0.2) is 0 Å². The summed E-state index contributed by atoms with van der Waals surface area (Å²) in [4.78, 5) is 12.2. The SMILES string of the molecule is COc1cccc2c1CCC2NC(=O)NCC(C)(C)CC(C)O. The zero-order valence-electron chi connectivity index (χ0n) is 14.5. The van der Waals surface area contributed by atoms with Gasteiger partial charge in [0.2, 0.25) is 0 Å². The van der Waals surface area contributed by atoms with Crippen LogP contribution >= 0.6 is 0 Å². The van der Waals surface area contributed by atoms with Crippen molar-refractivity contribution in [3.63, 3.8) is 0 Å². The van der Waals surface area contributed by atoms with Gasteiger partial charge in [0.1, 0.15) is 5.75 Å². The van der Waals surface area contributed by atoms with Gasteiger partial charge in [-0.05, 0) is 48.8 Å². The maximum atomic E-state index is 12.2. The van der Waals surface area contributed by atoms with E-state index in [9.17, 15) is 9.90 Å². The molecule has 0 aromatic heterocycles. The van der Waals surface area contributed by atoms with Crippen molar-refractivity contribution in [2.45, 2.75) is 52.2 Å². The largest absolute Gasteiger partial charge is 0.496 e. The van der Waals surface area contributed by atoms with Gasteiger partial charge in [0, 0.05) is 6.54 Å². The quantitative estimate of drug-likeness (QED) is 0.755. The standard InChI is InChI=1S/C18H28N2O3/c1-12(21)10-18(2,3)11-19-17(22)20-15-9-8-14-13(15)6-5-7-16(14)23-4/h5-7,12,15,21H,8-11H2,1-4H3,(H2,19,20,22). The summed E-state index contributed by atoms with van der Waals surface area (Å²) < 4.78 is 5.39. The minimum atomic E-state index is -0.371. The molecule has 0 bridgehead atoms. The topological polar surface area (TPSA) is 70.6 Å². The number of fused-ring (bicyclic) bond motifs is 1. The zero-order chi connectivity index (χ0) is 17.0. The Balaban J connectivity index is 1.91. The van der Waals surface area contributed by atoms with Crippen molar-refractivity contribution in [1.82, 2.24) is 10.6 Å². The number of aliphatic hydroxyl groups excluding tert-OH is 1. The number of benzene rings is 1. The van der Waals surface area contributed by atoms with E-state index in [1.54, 1.807) is 14.0 Å². The average molecular weight is 320 g/mol. The van der Waals surface area contributed by atoms with E-state index < -0.39 is 0 Å². The van der Waals surface area contributed by atoms with Crippen LogP contribution in [0.15, 0.2) is 18.2 Å². The lowest BCUT2D eigenvalue weighted by Crippen LogP contribution is -2.42. The maximum absolute atomic E-state index is 12.2. The number of nitrogens with one attached hydrogen (secondary N) is 2. The van der Waals surface area contributed by atoms with E-state index in [1.165, 1.54) is 5.56 Å². The predicted octanol–water partition coefficient (Wildman–Crippen LogP) is 2.78. The molecule has 3 N–H and O–H groups in total. The molecule has 128 valence electrons. The molecule has 1 aliphatic rings. The number of hydrogen-bond donors (Lipinski definition) is 3. The average Bonchev–Trinajstić information content (AvgIpc) is 2.87. The smallest absolute Gasteiger partial charge is 0.315 e. The van der Waals surface area contributed by atoms with E-state index in [4.69, 9.17) is 4.74 Å². The van der Waals surface area contributed by atoms with Crippen LogP contribution in [0.2, 0.25) is 0 Å². The van der Waals surface area contributed by atoms with Gasteiger partial charge in [-0.1, -0.05) is 26.0 Å². The molecular formula is C18H28N2O3. The van der Waals surface area contributed by atoms with Crippen LogP contribution in [-0.2, 0) is 6.42 Å². The van der Waals surface area contributed by atoms with Crippen molar-refractivity contribution in [3.05, 3.63) is 29.3 Å². The highest BCUT2D eigenvalue weighted by Gasteiger charge is 2.27. The van der Waals surface area contributed by atoms with Gasteiger partial charge in [0.25, 0.3) is 0 Å². The molecule has 5 nitrogen and oxygen atoms in total. The number of rotatable bonds is 6. The molecular weight excluding hydrogens is 292 g/mol. The van der Waals surface area contributed by atoms with Gasteiger partial charge < -0.3 is 20.5 Å². The highest BCUT2D eigenvalue weighted by molar-refractivity contribution is 5.74. The Morgan fingerprint density at radius 2 is 2.22 bits per heavy atom. The van der Waals surface area contributed by atoms with E-state index in [0.717, 1.165) is 24.2 Å². The van der Waals surface area contributed by atoms with Crippen LogP contribution in [0.5, 0.6) is 5.75 Å². The third-order valence-electron chi connectivity index (χ3n) is 4.33. The zero-order valence-corrected chi connectivity index (χ0v) is 14.5. The molecule has 2 atom stereocenters. The van der Waals surface area contributed by atoms with Crippen LogP contribution in [-0.4, -0.2) is 30.9 Å². The Morgan fingerprint density at radius 3 is 2.87 bits per heavy atom. The van der Waals surface area contributed by atoms with Crippen LogP contribution in [0.1, 0.15) is 50.8 Å². The molecule has 23 heavy (non-hydrogen) atoms. The third-order valence-corrected chi connectivity index (χ3v) is 4.33. The molecule has 0 aliphatic heterocycles. The van der Waals surface area contributed by atoms with E-state index in [1.807, 2.05) is 32.0 Å². The van der Waals surface area contributed by atoms with Crippen LogP contribution < -0.4 is 15.4 Å². The molecule has 5 heteroatoms. The molecule has 0 saturated carbocycles.